The molecule has 1 saturated carbocycles. The summed E-state index contributed by atoms with van der Waals surface area (Å²) < 4.78 is 25.6. The van der Waals surface area contributed by atoms with Crippen LogP contribution in [-0.2, 0) is 14.8 Å². The van der Waals surface area contributed by atoms with Crippen LogP contribution in [0.2, 0.25) is 0 Å². The first-order chi connectivity index (χ1) is 8.50. The van der Waals surface area contributed by atoms with Gasteiger partial charge in [-0.25, -0.2) is 13.1 Å². The first kappa shape index (κ1) is 16.4. The van der Waals surface area contributed by atoms with Gasteiger partial charge in [0.05, 0.1) is 10.2 Å². The number of aliphatic carboxylic acids is 1. The minimum Gasteiger partial charge on any atom is -0.481 e. The van der Waals surface area contributed by atoms with Gasteiger partial charge in [0.25, 0.3) is 0 Å². The van der Waals surface area contributed by atoms with Crippen molar-refractivity contribution in [2.75, 3.05) is 6.54 Å². The van der Waals surface area contributed by atoms with E-state index in [1.165, 1.54) is 0 Å². The SMILES string of the molecule is CC1CCC(CNS(=O)(=O)C(C)(C)C)(C(=O)O)CC1. The van der Waals surface area contributed by atoms with E-state index in [-0.39, 0.29) is 6.54 Å². The summed E-state index contributed by atoms with van der Waals surface area (Å²) in [5.41, 5.74) is -0.940. The summed E-state index contributed by atoms with van der Waals surface area (Å²) >= 11 is 0. The Morgan fingerprint density at radius 3 is 2.16 bits per heavy atom. The lowest BCUT2D eigenvalue weighted by molar-refractivity contribution is -0.151. The third-order valence-electron chi connectivity index (χ3n) is 4.09. The summed E-state index contributed by atoms with van der Waals surface area (Å²) in [5.74, 6) is -0.372. The number of hydrogen-bond donors (Lipinski definition) is 2. The fourth-order valence-corrected chi connectivity index (χ4v) is 3.13. The number of carboxylic acids is 1. The minimum atomic E-state index is -3.50. The van der Waals surface area contributed by atoms with E-state index < -0.39 is 26.2 Å². The average molecular weight is 291 g/mol. The Bertz CT molecular complexity index is 428. The van der Waals surface area contributed by atoms with E-state index in [9.17, 15) is 18.3 Å². The first-order valence-corrected chi connectivity index (χ1v) is 8.21. The Morgan fingerprint density at radius 1 is 1.32 bits per heavy atom. The van der Waals surface area contributed by atoms with Crippen molar-refractivity contribution >= 4 is 16.0 Å². The molecule has 0 aromatic rings. The maximum atomic E-state index is 12.0. The van der Waals surface area contributed by atoms with E-state index in [0.29, 0.717) is 18.8 Å². The molecule has 0 bridgehead atoms. The van der Waals surface area contributed by atoms with Gasteiger partial charge >= 0.3 is 5.97 Å². The summed E-state index contributed by atoms with van der Waals surface area (Å²) in [7, 11) is -3.50. The predicted molar refractivity (Wildman–Crippen MR) is 74.4 cm³/mol. The third-order valence-corrected chi connectivity index (χ3v) is 6.23. The van der Waals surface area contributed by atoms with Crippen LogP contribution in [0.1, 0.15) is 53.4 Å². The highest BCUT2D eigenvalue weighted by atomic mass is 32.2. The molecule has 0 aromatic carbocycles. The van der Waals surface area contributed by atoms with E-state index in [4.69, 9.17) is 0 Å². The zero-order chi connectivity index (χ0) is 14.9. The molecule has 0 saturated heterocycles. The lowest BCUT2D eigenvalue weighted by Crippen LogP contribution is -2.48. The molecular weight excluding hydrogens is 266 g/mol. The van der Waals surface area contributed by atoms with Gasteiger partial charge in [-0.2, -0.15) is 0 Å². The third kappa shape index (κ3) is 3.69. The van der Waals surface area contributed by atoms with E-state index in [2.05, 4.69) is 11.6 Å². The van der Waals surface area contributed by atoms with Gasteiger partial charge in [-0.05, 0) is 52.4 Å². The van der Waals surface area contributed by atoms with Gasteiger partial charge in [0, 0.05) is 6.54 Å². The molecule has 0 atom stereocenters. The molecule has 0 radical (unpaired) electrons. The fourth-order valence-electron chi connectivity index (χ4n) is 2.23. The van der Waals surface area contributed by atoms with Crippen LogP contribution < -0.4 is 4.72 Å². The van der Waals surface area contributed by atoms with E-state index in [1.54, 1.807) is 20.8 Å². The van der Waals surface area contributed by atoms with Crippen LogP contribution in [0.15, 0.2) is 0 Å². The number of carboxylic acid groups (broad SMARTS) is 1. The fraction of sp³-hybridized carbons (Fsp3) is 0.923. The molecule has 0 aromatic heterocycles. The molecule has 1 fully saturated rings. The summed E-state index contributed by atoms with van der Waals surface area (Å²) in [6, 6.07) is 0. The van der Waals surface area contributed by atoms with Crippen LogP contribution in [0.4, 0.5) is 0 Å². The van der Waals surface area contributed by atoms with Crippen LogP contribution in [0, 0.1) is 11.3 Å². The Balaban J connectivity index is 2.80. The standard InChI is InChI=1S/C13H25NO4S/c1-10-5-7-13(8-6-10,11(15)16)9-14-19(17,18)12(2,3)4/h10,14H,5-9H2,1-4H3,(H,15,16). The molecule has 19 heavy (non-hydrogen) atoms. The second-order valence-corrected chi connectivity index (χ2v) is 9.23. The van der Waals surface area contributed by atoms with Gasteiger partial charge in [-0.1, -0.05) is 6.92 Å². The molecular formula is C13H25NO4S. The van der Waals surface area contributed by atoms with Crippen molar-refractivity contribution in [1.29, 1.82) is 0 Å². The predicted octanol–water partition coefficient (Wildman–Crippen LogP) is 1.99. The zero-order valence-electron chi connectivity index (χ0n) is 12.2. The quantitative estimate of drug-likeness (QED) is 0.829. The van der Waals surface area contributed by atoms with Crippen LogP contribution in [0.5, 0.6) is 0 Å². The monoisotopic (exact) mass is 291 g/mol. The Labute approximate surface area is 115 Å². The normalized spacial score (nSPS) is 29.2. The molecule has 5 nitrogen and oxygen atoms in total. The van der Waals surface area contributed by atoms with E-state index in [0.717, 1.165) is 12.8 Å². The highest BCUT2D eigenvalue weighted by Gasteiger charge is 2.43. The summed E-state index contributed by atoms with van der Waals surface area (Å²) in [4.78, 5) is 11.5. The maximum absolute atomic E-state index is 12.0. The van der Waals surface area contributed by atoms with Gasteiger partial charge in [0.15, 0.2) is 0 Å². The first-order valence-electron chi connectivity index (χ1n) is 6.73. The lowest BCUT2D eigenvalue weighted by Gasteiger charge is -2.36. The Hall–Kier alpha value is -0.620. The van der Waals surface area contributed by atoms with Gasteiger partial charge in [0.1, 0.15) is 0 Å². The summed E-state index contributed by atoms with van der Waals surface area (Å²) in [6.07, 6.45) is 2.75. The molecule has 0 spiro atoms. The molecule has 1 aliphatic carbocycles. The molecule has 0 heterocycles. The summed E-state index contributed by atoms with van der Waals surface area (Å²) in [6.45, 7) is 6.91. The molecule has 1 aliphatic rings. The van der Waals surface area contributed by atoms with Crippen LogP contribution in [0.3, 0.4) is 0 Å². The van der Waals surface area contributed by atoms with Crippen molar-refractivity contribution < 1.29 is 18.3 Å². The molecule has 112 valence electrons. The molecule has 0 unspecified atom stereocenters. The van der Waals surface area contributed by atoms with Crippen molar-refractivity contribution in [3.8, 4) is 0 Å². The topological polar surface area (TPSA) is 83.5 Å². The van der Waals surface area contributed by atoms with Crippen molar-refractivity contribution in [3.63, 3.8) is 0 Å². The number of hydrogen-bond acceptors (Lipinski definition) is 3. The molecule has 2 N–H and O–H groups in total. The number of nitrogens with one attached hydrogen (secondary N) is 1. The molecule has 0 amide bonds. The second kappa shape index (κ2) is 5.40. The number of rotatable bonds is 4. The second-order valence-electron chi connectivity index (χ2n) is 6.70. The van der Waals surface area contributed by atoms with Crippen molar-refractivity contribution in [2.24, 2.45) is 11.3 Å². The van der Waals surface area contributed by atoms with E-state index in [1.807, 2.05) is 0 Å². The van der Waals surface area contributed by atoms with Crippen molar-refractivity contribution in [2.45, 2.75) is 58.1 Å². The molecule has 1 rings (SSSR count). The Kier molecular flexibility index (Phi) is 4.67. The van der Waals surface area contributed by atoms with Gasteiger partial charge in [-0.15, -0.1) is 0 Å². The lowest BCUT2D eigenvalue weighted by atomic mass is 9.71. The highest BCUT2D eigenvalue weighted by Crippen LogP contribution is 2.39. The van der Waals surface area contributed by atoms with Gasteiger partial charge in [0.2, 0.25) is 10.0 Å². The minimum absolute atomic E-state index is 0.00530. The molecule has 0 aliphatic heterocycles. The van der Waals surface area contributed by atoms with Crippen LogP contribution in [-0.4, -0.2) is 30.8 Å². The largest absolute Gasteiger partial charge is 0.481 e. The van der Waals surface area contributed by atoms with Gasteiger partial charge < -0.3 is 5.11 Å². The highest BCUT2D eigenvalue weighted by molar-refractivity contribution is 7.90. The van der Waals surface area contributed by atoms with Crippen LogP contribution in [0.25, 0.3) is 0 Å². The number of carbonyl (C=O) groups is 1. The average Bonchev–Trinajstić information content (AvgIpc) is 2.27. The zero-order valence-corrected chi connectivity index (χ0v) is 13.0. The maximum Gasteiger partial charge on any atom is 0.310 e. The molecule has 6 heteroatoms. The smallest absolute Gasteiger partial charge is 0.310 e. The van der Waals surface area contributed by atoms with Crippen molar-refractivity contribution in [3.05, 3.63) is 0 Å². The number of sulfonamides is 1. The van der Waals surface area contributed by atoms with Crippen molar-refractivity contribution in [1.82, 2.24) is 4.72 Å². The Morgan fingerprint density at radius 2 is 1.79 bits per heavy atom. The van der Waals surface area contributed by atoms with Crippen LogP contribution >= 0.6 is 0 Å². The van der Waals surface area contributed by atoms with Gasteiger partial charge in [-0.3, -0.25) is 4.79 Å². The van der Waals surface area contributed by atoms with E-state index >= 15 is 0 Å². The summed E-state index contributed by atoms with van der Waals surface area (Å²) in [5, 5.41) is 9.44.